The zero-order valence-corrected chi connectivity index (χ0v) is 11.6. The SMILES string of the molecule is [2H]C1([2H])NC(=O)CC1c1ccc(OC)c(OC2CCCC2)c1. The maximum atomic E-state index is 11.5. The van der Waals surface area contributed by atoms with Crippen molar-refractivity contribution < 1.29 is 17.0 Å². The second-order valence-corrected chi connectivity index (χ2v) is 5.38. The Morgan fingerprint density at radius 2 is 2.10 bits per heavy atom. The molecular formula is C16H21NO3. The van der Waals surface area contributed by atoms with E-state index in [4.69, 9.17) is 12.2 Å². The third-order valence-corrected chi connectivity index (χ3v) is 3.96. The Morgan fingerprint density at radius 1 is 1.30 bits per heavy atom. The molecule has 1 aromatic rings. The molecule has 4 nitrogen and oxygen atoms in total. The Hall–Kier alpha value is -1.71. The molecule has 2 fully saturated rings. The highest BCUT2D eigenvalue weighted by Crippen LogP contribution is 2.35. The van der Waals surface area contributed by atoms with E-state index in [1.807, 2.05) is 12.1 Å². The van der Waals surface area contributed by atoms with E-state index in [-0.39, 0.29) is 18.4 Å². The van der Waals surface area contributed by atoms with Crippen LogP contribution in [0.5, 0.6) is 11.5 Å². The number of methoxy groups -OCH3 is 1. The summed E-state index contributed by atoms with van der Waals surface area (Å²) in [7, 11) is 1.59. The quantitative estimate of drug-likeness (QED) is 0.920. The summed E-state index contributed by atoms with van der Waals surface area (Å²) in [5.41, 5.74) is 0.761. The first-order valence-corrected chi connectivity index (χ1v) is 7.15. The van der Waals surface area contributed by atoms with Gasteiger partial charge in [-0.15, -0.1) is 0 Å². The van der Waals surface area contributed by atoms with Crippen LogP contribution in [-0.2, 0) is 4.79 Å². The minimum Gasteiger partial charge on any atom is -0.493 e. The number of amides is 1. The van der Waals surface area contributed by atoms with Crippen LogP contribution in [0.4, 0.5) is 0 Å². The normalized spacial score (nSPS) is 26.9. The molecule has 1 amide bonds. The van der Waals surface area contributed by atoms with E-state index >= 15 is 0 Å². The van der Waals surface area contributed by atoms with Gasteiger partial charge in [0.05, 0.1) is 13.2 Å². The van der Waals surface area contributed by atoms with Crippen LogP contribution < -0.4 is 14.8 Å². The molecule has 1 saturated carbocycles. The summed E-state index contributed by atoms with van der Waals surface area (Å²) in [5.74, 6) is 0.524. The lowest BCUT2D eigenvalue weighted by Gasteiger charge is -2.18. The molecule has 1 N–H and O–H groups in total. The molecule has 0 spiro atoms. The van der Waals surface area contributed by atoms with Gasteiger partial charge in [0, 0.05) is 21.6 Å². The second kappa shape index (κ2) is 5.73. The van der Waals surface area contributed by atoms with Crippen LogP contribution in [0.25, 0.3) is 0 Å². The average molecular weight is 277 g/mol. The predicted octanol–water partition coefficient (Wildman–Crippen LogP) is 2.62. The average Bonchev–Trinajstić information content (AvgIpc) is 3.06. The molecule has 1 aliphatic carbocycles. The summed E-state index contributed by atoms with van der Waals surface area (Å²) in [4.78, 5) is 11.5. The van der Waals surface area contributed by atoms with Crippen molar-refractivity contribution in [1.82, 2.24) is 5.32 Å². The molecule has 1 atom stereocenters. The Morgan fingerprint density at radius 3 is 2.75 bits per heavy atom. The number of hydrogen-bond donors (Lipinski definition) is 1. The van der Waals surface area contributed by atoms with Crippen molar-refractivity contribution in [2.24, 2.45) is 0 Å². The first-order chi connectivity index (χ1) is 10.5. The molecule has 20 heavy (non-hydrogen) atoms. The van der Waals surface area contributed by atoms with Gasteiger partial charge in [-0.3, -0.25) is 4.79 Å². The molecule has 0 bridgehead atoms. The lowest BCUT2D eigenvalue weighted by atomic mass is 9.98. The minimum atomic E-state index is -1.73. The number of rotatable bonds is 4. The molecule has 2 aliphatic rings. The number of nitrogens with one attached hydrogen (secondary N) is 1. The Balaban J connectivity index is 1.87. The van der Waals surface area contributed by atoms with Crippen molar-refractivity contribution in [3.8, 4) is 11.5 Å². The second-order valence-electron chi connectivity index (χ2n) is 5.38. The summed E-state index contributed by atoms with van der Waals surface area (Å²) in [6.07, 6.45) is 4.79. The van der Waals surface area contributed by atoms with E-state index in [1.54, 1.807) is 13.2 Å². The summed E-state index contributed by atoms with van der Waals surface area (Å²) < 4.78 is 27.3. The van der Waals surface area contributed by atoms with Crippen LogP contribution in [0.1, 0.15) is 46.3 Å². The van der Waals surface area contributed by atoms with Crippen LogP contribution in [0.2, 0.25) is 0 Å². The molecule has 108 valence electrons. The lowest BCUT2D eigenvalue weighted by Crippen LogP contribution is -2.14. The van der Waals surface area contributed by atoms with Crippen molar-refractivity contribution in [1.29, 1.82) is 0 Å². The van der Waals surface area contributed by atoms with Gasteiger partial charge in [0.15, 0.2) is 11.5 Å². The largest absolute Gasteiger partial charge is 0.493 e. The van der Waals surface area contributed by atoms with Crippen molar-refractivity contribution in [2.45, 2.75) is 44.1 Å². The van der Waals surface area contributed by atoms with Gasteiger partial charge in [-0.1, -0.05) is 6.07 Å². The maximum Gasteiger partial charge on any atom is 0.220 e. The molecular weight excluding hydrogens is 254 g/mol. The third-order valence-electron chi connectivity index (χ3n) is 3.96. The molecule has 1 unspecified atom stereocenters. The molecule has 3 rings (SSSR count). The smallest absolute Gasteiger partial charge is 0.220 e. The van der Waals surface area contributed by atoms with Gasteiger partial charge in [0.1, 0.15) is 0 Å². The summed E-state index contributed by atoms with van der Waals surface area (Å²) in [6.45, 7) is -1.73. The van der Waals surface area contributed by atoms with Crippen LogP contribution in [-0.4, -0.2) is 25.6 Å². The molecule has 1 aliphatic heterocycles. The Kier molecular flexibility index (Phi) is 3.15. The Bertz CT molecular complexity index is 571. The topological polar surface area (TPSA) is 47.6 Å². The van der Waals surface area contributed by atoms with E-state index in [0.717, 1.165) is 18.4 Å². The van der Waals surface area contributed by atoms with Crippen molar-refractivity contribution in [3.05, 3.63) is 23.8 Å². The van der Waals surface area contributed by atoms with Crippen LogP contribution >= 0.6 is 0 Å². The summed E-state index contributed by atoms with van der Waals surface area (Å²) in [6, 6.07) is 5.42. The number of benzene rings is 1. The van der Waals surface area contributed by atoms with Crippen LogP contribution in [0.15, 0.2) is 18.2 Å². The fourth-order valence-electron chi connectivity index (χ4n) is 2.84. The first kappa shape index (κ1) is 11.0. The van der Waals surface area contributed by atoms with Crippen LogP contribution in [0, 0.1) is 0 Å². The van der Waals surface area contributed by atoms with Gasteiger partial charge in [-0.25, -0.2) is 0 Å². The number of carbonyl (C=O) groups is 1. The summed E-state index contributed by atoms with van der Waals surface area (Å²) >= 11 is 0. The van der Waals surface area contributed by atoms with Gasteiger partial charge in [-0.05, 0) is 43.4 Å². The van der Waals surface area contributed by atoms with E-state index in [9.17, 15) is 4.79 Å². The van der Waals surface area contributed by atoms with E-state index in [2.05, 4.69) is 5.32 Å². The van der Waals surface area contributed by atoms with E-state index < -0.39 is 12.4 Å². The van der Waals surface area contributed by atoms with Crippen LogP contribution in [0.3, 0.4) is 0 Å². The monoisotopic (exact) mass is 277 g/mol. The third kappa shape index (κ3) is 2.74. The molecule has 4 heteroatoms. The van der Waals surface area contributed by atoms with Crippen molar-refractivity contribution in [3.63, 3.8) is 0 Å². The minimum absolute atomic E-state index is 0.155. The highest BCUT2D eigenvalue weighted by molar-refractivity contribution is 5.79. The molecule has 0 radical (unpaired) electrons. The Labute approximate surface area is 122 Å². The first-order valence-electron chi connectivity index (χ1n) is 8.15. The predicted molar refractivity (Wildman–Crippen MR) is 76.2 cm³/mol. The zero-order chi connectivity index (χ0) is 15.7. The maximum absolute atomic E-state index is 11.5. The lowest BCUT2D eigenvalue weighted by molar-refractivity contribution is -0.119. The van der Waals surface area contributed by atoms with Gasteiger partial charge in [-0.2, -0.15) is 0 Å². The van der Waals surface area contributed by atoms with Gasteiger partial charge in [0.25, 0.3) is 0 Å². The summed E-state index contributed by atoms with van der Waals surface area (Å²) in [5, 5.41) is 2.39. The van der Waals surface area contributed by atoms with E-state index in [1.165, 1.54) is 12.8 Å². The molecule has 1 aromatic carbocycles. The van der Waals surface area contributed by atoms with E-state index in [0.29, 0.717) is 11.5 Å². The number of carbonyl (C=O) groups excluding carboxylic acids is 1. The highest BCUT2D eigenvalue weighted by atomic mass is 16.5. The standard InChI is InChI=1S/C16H21NO3/c1-19-14-7-6-11(12-9-16(18)17-10-12)8-15(14)20-13-4-2-3-5-13/h6-8,12-13H,2-5,9-10H2,1H3,(H,17,18)/i10D2. The van der Waals surface area contributed by atoms with Crippen molar-refractivity contribution in [2.75, 3.05) is 13.6 Å². The zero-order valence-electron chi connectivity index (χ0n) is 13.6. The fourth-order valence-corrected chi connectivity index (χ4v) is 2.84. The van der Waals surface area contributed by atoms with Gasteiger partial charge < -0.3 is 14.8 Å². The molecule has 0 aromatic heterocycles. The highest BCUT2D eigenvalue weighted by Gasteiger charge is 2.25. The molecule has 1 heterocycles. The van der Waals surface area contributed by atoms with Crippen molar-refractivity contribution >= 4 is 5.91 Å². The fraction of sp³-hybridized carbons (Fsp3) is 0.562. The van der Waals surface area contributed by atoms with Gasteiger partial charge in [0.2, 0.25) is 5.91 Å². The van der Waals surface area contributed by atoms with Gasteiger partial charge >= 0.3 is 0 Å². The molecule has 1 saturated heterocycles. The number of hydrogen-bond acceptors (Lipinski definition) is 3. The number of ether oxygens (including phenoxy) is 2.